The first-order valence-electron chi connectivity index (χ1n) is 7.02. The molecule has 20 heavy (non-hydrogen) atoms. The van der Waals surface area contributed by atoms with Crippen LogP contribution in [-0.4, -0.2) is 22.5 Å². The Morgan fingerprint density at radius 1 is 1.55 bits per heavy atom. The normalized spacial score (nSPS) is 20.9. The van der Waals surface area contributed by atoms with Gasteiger partial charge in [0.2, 0.25) is 0 Å². The molecule has 0 bridgehead atoms. The van der Waals surface area contributed by atoms with Crippen molar-refractivity contribution < 1.29 is 14.7 Å². The van der Waals surface area contributed by atoms with Crippen molar-refractivity contribution in [2.45, 2.75) is 52.0 Å². The van der Waals surface area contributed by atoms with Crippen LogP contribution in [0.4, 0.5) is 0 Å². The Morgan fingerprint density at radius 3 is 2.85 bits per heavy atom. The van der Waals surface area contributed by atoms with Crippen molar-refractivity contribution in [2.75, 3.05) is 0 Å². The first-order chi connectivity index (χ1) is 9.37. The molecule has 0 saturated carbocycles. The third-order valence-electron chi connectivity index (χ3n) is 4.21. The van der Waals surface area contributed by atoms with Crippen molar-refractivity contribution in [1.82, 2.24) is 5.32 Å². The smallest absolute Gasteiger partial charge is 0.329 e. The number of fused-ring (bicyclic) bond motifs is 1. The number of thiophene rings is 1. The quantitative estimate of drug-likeness (QED) is 0.897. The summed E-state index contributed by atoms with van der Waals surface area (Å²) in [7, 11) is 0. The van der Waals surface area contributed by atoms with Gasteiger partial charge in [-0.05, 0) is 44.1 Å². The number of rotatable bonds is 4. The summed E-state index contributed by atoms with van der Waals surface area (Å²) in [5.74, 6) is -0.591. The lowest BCUT2D eigenvalue weighted by atomic mass is 9.88. The number of amides is 1. The lowest BCUT2D eigenvalue weighted by Crippen LogP contribution is -2.51. The predicted octanol–water partition coefficient (Wildman–Crippen LogP) is 2.86. The minimum absolute atomic E-state index is 0.260. The molecule has 110 valence electrons. The maximum absolute atomic E-state index is 12.4. The third-order valence-corrected chi connectivity index (χ3v) is 5.27. The number of hydrogen-bond acceptors (Lipinski definition) is 3. The first-order valence-corrected chi connectivity index (χ1v) is 7.90. The van der Waals surface area contributed by atoms with Gasteiger partial charge < -0.3 is 10.4 Å². The molecule has 0 fully saturated rings. The SMILES string of the molecule is CCC(C)(NC(=O)c1csc2c1CCC(C)C2)C(=O)O. The summed E-state index contributed by atoms with van der Waals surface area (Å²) in [6, 6.07) is 0. The lowest BCUT2D eigenvalue weighted by Gasteiger charge is -2.25. The Morgan fingerprint density at radius 2 is 2.25 bits per heavy atom. The second-order valence-electron chi connectivity index (χ2n) is 5.84. The number of carboxylic acids is 1. The van der Waals surface area contributed by atoms with Crippen molar-refractivity contribution in [3.8, 4) is 0 Å². The van der Waals surface area contributed by atoms with Crippen LogP contribution in [0.2, 0.25) is 0 Å². The van der Waals surface area contributed by atoms with Crippen molar-refractivity contribution in [3.63, 3.8) is 0 Å². The zero-order valence-corrected chi connectivity index (χ0v) is 13.0. The van der Waals surface area contributed by atoms with Gasteiger partial charge in [0.25, 0.3) is 5.91 Å². The van der Waals surface area contributed by atoms with E-state index in [1.807, 2.05) is 5.38 Å². The Labute approximate surface area is 123 Å². The molecule has 0 saturated heterocycles. The van der Waals surface area contributed by atoms with Gasteiger partial charge in [0.15, 0.2) is 0 Å². The highest BCUT2D eigenvalue weighted by Crippen LogP contribution is 2.33. The van der Waals surface area contributed by atoms with Crippen LogP contribution in [0.3, 0.4) is 0 Å². The Hall–Kier alpha value is -1.36. The molecule has 2 rings (SSSR count). The van der Waals surface area contributed by atoms with Gasteiger partial charge in [0.05, 0.1) is 5.56 Å². The largest absolute Gasteiger partial charge is 0.480 e. The summed E-state index contributed by atoms with van der Waals surface area (Å²) in [5.41, 5.74) is 0.584. The van der Waals surface area contributed by atoms with Crippen molar-refractivity contribution in [1.29, 1.82) is 0 Å². The highest BCUT2D eigenvalue weighted by atomic mass is 32.1. The number of carbonyl (C=O) groups excluding carboxylic acids is 1. The van der Waals surface area contributed by atoms with E-state index in [2.05, 4.69) is 12.2 Å². The number of hydrogen-bond donors (Lipinski definition) is 2. The van der Waals surface area contributed by atoms with Crippen molar-refractivity contribution in [3.05, 3.63) is 21.4 Å². The molecule has 1 amide bonds. The zero-order valence-electron chi connectivity index (χ0n) is 12.2. The van der Waals surface area contributed by atoms with Crippen molar-refractivity contribution >= 4 is 23.2 Å². The fourth-order valence-corrected chi connectivity index (χ4v) is 3.72. The van der Waals surface area contributed by atoms with E-state index in [0.717, 1.165) is 24.8 Å². The molecule has 2 N–H and O–H groups in total. The average molecular weight is 295 g/mol. The van der Waals surface area contributed by atoms with Gasteiger partial charge in [0, 0.05) is 10.3 Å². The lowest BCUT2D eigenvalue weighted by molar-refractivity contribution is -0.143. The van der Waals surface area contributed by atoms with E-state index in [1.165, 1.54) is 4.88 Å². The van der Waals surface area contributed by atoms with Gasteiger partial charge in [-0.25, -0.2) is 4.79 Å². The number of carbonyl (C=O) groups is 2. The molecule has 5 heteroatoms. The van der Waals surface area contributed by atoms with Gasteiger partial charge in [0.1, 0.15) is 5.54 Å². The maximum atomic E-state index is 12.4. The van der Waals surface area contributed by atoms with Crippen LogP contribution < -0.4 is 5.32 Å². The molecule has 0 aromatic carbocycles. The minimum atomic E-state index is -1.20. The molecule has 0 radical (unpaired) electrons. The molecule has 1 aromatic heterocycles. The third kappa shape index (κ3) is 2.73. The number of aliphatic carboxylic acids is 1. The average Bonchev–Trinajstić information content (AvgIpc) is 2.81. The molecular formula is C15H21NO3S. The van der Waals surface area contributed by atoms with Crippen LogP contribution >= 0.6 is 11.3 Å². The first kappa shape index (κ1) is 15.0. The van der Waals surface area contributed by atoms with Gasteiger partial charge in [-0.2, -0.15) is 0 Å². The molecule has 2 atom stereocenters. The summed E-state index contributed by atoms with van der Waals surface area (Å²) < 4.78 is 0. The summed E-state index contributed by atoms with van der Waals surface area (Å²) in [6.45, 7) is 5.54. The summed E-state index contributed by atoms with van der Waals surface area (Å²) >= 11 is 1.62. The van der Waals surface area contributed by atoms with Gasteiger partial charge >= 0.3 is 5.97 Å². The van der Waals surface area contributed by atoms with Gasteiger partial charge in [-0.1, -0.05) is 13.8 Å². The number of carboxylic acid groups (broad SMARTS) is 1. The summed E-state index contributed by atoms with van der Waals surface area (Å²) in [5, 5.41) is 13.8. The van der Waals surface area contributed by atoms with E-state index in [1.54, 1.807) is 25.2 Å². The van der Waals surface area contributed by atoms with Crippen molar-refractivity contribution in [2.24, 2.45) is 5.92 Å². The van der Waals surface area contributed by atoms with E-state index >= 15 is 0 Å². The Kier molecular flexibility index (Phi) is 4.18. The zero-order chi connectivity index (χ0) is 14.9. The fraction of sp³-hybridized carbons (Fsp3) is 0.600. The van der Waals surface area contributed by atoms with Crippen LogP contribution in [0, 0.1) is 5.92 Å². The second kappa shape index (κ2) is 5.56. The molecule has 0 aliphatic heterocycles. The minimum Gasteiger partial charge on any atom is -0.480 e. The van der Waals surface area contributed by atoms with Crippen LogP contribution in [0.15, 0.2) is 5.38 Å². The van der Waals surface area contributed by atoms with Crippen LogP contribution in [0.5, 0.6) is 0 Å². The molecule has 0 spiro atoms. The van der Waals surface area contributed by atoms with Crippen LogP contribution in [0.1, 0.15) is 54.4 Å². The fourth-order valence-electron chi connectivity index (χ4n) is 2.48. The Balaban J connectivity index is 2.21. The molecule has 4 nitrogen and oxygen atoms in total. The summed E-state index contributed by atoms with van der Waals surface area (Å²) in [6.07, 6.45) is 3.39. The highest BCUT2D eigenvalue weighted by Gasteiger charge is 2.34. The molecule has 1 aliphatic carbocycles. The predicted molar refractivity (Wildman–Crippen MR) is 79.3 cm³/mol. The van der Waals surface area contributed by atoms with Crippen LogP contribution in [-0.2, 0) is 17.6 Å². The molecule has 2 unspecified atom stereocenters. The van der Waals surface area contributed by atoms with Crippen LogP contribution in [0.25, 0.3) is 0 Å². The second-order valence-corrected chi connectivity index (χ2v) is 6.81. The van der Waals surface area contributed by atoms with E-state index in [-0.39, 0.29) is 5.91 Å². The monoisotopic (exact) mass is 295 g/mol. The standard InChI is InChI=1S/C15H21NO3S/c1-4-15(3,14(18)19)16-13(17)11-8-20-12-7-9(2)5-6-10(11)12/h8-9H,4-7H2,1-3H3,(H,16,17)(H,18,19). The van der Waals surface area contributed by atoms with E-state index in [9.17, 15) is 14.7 Å². The Bertz CT molecular complexity index is 537. The summed E-state index contributed by atoms with van der Waals surface area (Å²) in [4.78, 5) is 24.9. The van der Waals surface area contributed by atoms with E-state index in [4.69, 9.17) is 0 Å². The van der Waals surface area contributed by atoms with Gasteiger partial charge in [-0.15, -0.1) is 11.3 Å². The molecule has 1 aliphatic rings. The maximum Gasteiger partial charge on any atom is 0.329 e. The molecular weight excluding hydrogens is 274 g/mol. The number of nitrogens with one attached hydrogen (secondary N) is 1. The molecule has 1 heterocycles. The van der Waals surface area contributed by atoms with E-state index in [0.29, 0.717) is 17.9 Å². The van der Waals surface area contributed by atoms with Gasteiger partial charge in [-0.3, -0.25) is 4.79 Å². The van der Waals surface area contributed by atoms with E-state index < -0.39 is 11.5 Å². The molecule has 1 aromatic rings. The topological polar surface area (TPSA) is 66.4 Å². The highest BCUT2D eigenvalue weighted by molar-refractivity contribution is 7.10.